The van der Waals surface area contributed by atoms with Crippen LogP contribution in [0.25, 0.3) is 6.08 Å². The van der Waals surface area contributed by atoms with Crippen molar-refractivity contribution in [3.8, 4) is 17.9 Å². The van der Waals surface area contributed by atoms with Crippen LogP contribution < -0.4 is 4.74 Å². The highest BCUT2D eigenvalue weighted by Crippen LogP contribution is 2.15. The SMILES string of the molecule is N#CC(C#N)=Cc1ccc(OCC(=O)N2CCCC2)cc1. The quantitative estimate of drug-likeness (QED) is 0.792. The van der Waals surface area contributed by atoms with Gasteiger partial charge in [-0.05, 0) is 36.6 Å². The van der Waals surface area contributed by atoms with Crippen LogP contribution in [0.1, 0.15) is 18.4 Å². The molecular formula is C16H15N3O2. The maximum atomic E-state index is 11.8. The zero-order chi connectivity index (χ0) is 15.1. The molecule has 1 amide bonds. The molecule has 0 aromatic heterocycles. The molecule has 0 saturated carbocycles. The maximum absolute atomic E-state index is 11.8. The second-order valence-corrected chi connectivity index (χ2v) is 4.73. The molecule has 0 unspecified atom stereocenters. The number of allylic oxidation sites excluding steroid dienone is 1. The monoisotopic (exact) mass is 281 g/mol. The van der Waals surface area contributed by atoms with Crippen molar-refractivity contribution in [2.45, 2.75) is 12.8 Å². The summed E-state index contributed by atoms with van der Waals surface area (Å²) in [5, 5.41) is 17.4. The third-order valence-corrected chi connectivity index (χ3v) is 3.25. The van der Waals surface area contributed by atoms with Crippen molar-refractivity contribution in [1.82, 2.24) is 4.90 Å². The second-order valence-electron chi connectivity index (χ2n) is 4.73. The van der Waals surface area contributed by atoms with Crippen LogP contribution in [-0.2, 0) is 4.79 Å². The molecule has 21 heavy (non-hydrogen) atoms. The minimum atomic E-state index is 0.00715. The Balaban J connectivity index is 1.91. The van der Waals surface area contributed by atoms with Gasteiger partial charge in [-0.2, -0.15) is 10.5 Å². The number of hydrogen-bond donors (Lipinski definition) is 0. The Bertz CT molecular complexity index is 598. The van der Waals surface area contributed by atoms with E-state index >= 15 is 0 Å². The van der Waals surface area contributed by atoms with E-state index in [1.54, 1.807) is 36.4 Å². The van der Waals surface area contributed by atoms with Crippen LogP contribution in [-0.4, -0.2) is 30.5 Å². The number of benzene rings is 1. The Morgan fingerprint density at radius 2 is 1.81 bits per heavy atom. The van der Waals surface area contributed by atoms with E-state index in [1.807, 2.05) is 4.90 Å². The van der Waals surface area contributed by atoms with Crippen LogP contribution in [0.5, 0.6) is 5.75 Å². The molecule has 0 spiro atoms. The molecule has 0 atom stereocenters. The highest BCUT2D eigenvalue weighted by Gasteiger charge is 2.17. The van der Waals surface area contributed by atoms with E-state index in [0.717, 1.165) is 31.5 Å². The summed E-state index contributed by atoms with van der Waals surface area (Å²) < 4.78 is 5.45. The molecule has 1 aromatic carbocycles. The fourth-order valence-corrected chi connectivity index (χ4v) is 2.12. The normalized spacial score (nSPS) is 13.1. The Morgan fingerprint density at radius 3 is 2.38 bits per heavy atom. The van der Waals surface area contributed by atoms with Gasteiger partial charge < -0.3 is 9.64 Å². The molecule has 1 aliphatic heterocycles. The first-order valence-corrected chi connectivity index (χ1v) is 6.75. The van der Waals surface area contributed by atoms with Crippen molar-refractivity contribution in [2.75, 3.05) is 19.7 Å². The van der Waals surface area contributed by atoms with E-state index in [4.69, 9.17) is 15.3 Å². The fourth-order valence-electron chi connectivity index (χ4n) is 2.12. The number of nitriles is 2. The van der Waals surface area contributed by atoms with Crippen LogP contribution >= 0.6 is 0 Å². The topological polar surface area (TPSA) is 77.1 Å². The van der Waals surface area contributed by atoms with Crippen molar-refractivity contribution in [3.63, 3.8) is 0 Å². The predicted octanol–water partition coefficient (Wildman–Crippen LogP) is 2.12. The average Bonchev–Trinajstić information content (AvgIpc) is 3.06. The summed E-state index contributed by atoms with van der Waals surface area (Å²) in [6.07, 6.45) is 3.62. The minimum Gasteiger partial charge on any atom is -0.484 e. The molecule has 2 rings (SSSR count). The summed E-state index contributed by atoms with van der Waals surface area (Å²) in [5.74, 6) is 0.600. The summed E-state index contributed by atoms with van der Waals surface area (Å²) >= 11 is 0. The van der Waals surface area contributed by atoms with Crippen LogP contribution in [0.2, 0.25) is 0 Å². The highest BCUT2D eigenvalue weighted by molar-refractivity contribution is 5.78. The molecular weight excluding hydrogens is 266 g/mol. The highest BCUT2D eigenvalue weighted by atomic mass is 16.5. The van der Waals surface area contributed by atoms with Crippen LogP contribution in [0.3, 0.4) is 0 Å². The van der Waals surface area contributed by atoms with E-state index in [9.17, 15) is 4.79 Å². The Kier molecular flexibility index (Phi) is 4.95. The molecule has 1 heterocycles. The van der Waals surface area contributed by atoms with Crippen LogP contribution in [0.4, 0.5) is 0 Å². The van der Waals surface area contributed by atoms with E-state index in [-0.39, 0.29) is 18.1 Å². The zero-order valence-electron chi connectivity index (χ0n) is 11.6. The molecule has 5 nitrogen and oxygen atoms in total. The van der Waals surface area contributed by atoms with Crippen LogP contribution in [0.15, 0.2) is 29.8 Å². The molecule has 0 aliphatic carbocycles. The van der Waals surface area contributed by atoms with Gasteiger partial charge in [0.05, 0.1) is 0 Å². The molecule has 5 heteroatoms. The molecule has 0 N–H and O–H groups in total. The lowest BCUT2D eigenvalue weighted by Crippen LogP contribution is -2.32. The standard InChI is InChI=1S/C16H15N3O2/c17-10-14(11-18)9-13-3-5-15(6-4-13)21-12-16(20)19-7-1-2-8-19/h3-6,9H,1-2,7-8,12H2. The number of hydrogen-bond acceptors (Lipinski definition) is 4. The van der Waals surface area contributed by atoms with Gasteiger partial charge in [0.25, 0.3) is 5.91 Å². The summed E-state index contributed by atoms with van der Waals surface area (Å²) in [4.78, 5) is 13.6. The Labute approximate surface area is 123 Å². The first-order chi connectivity index (χ1) is 10.2. The number of amides is 1. The Hall–Kier alpha value is -2.79. The molecule has 1 aliphatic rings. The summed E-state index contributed by atoms with van der Waals surface area (Å²) in [6.45, 7) is 1.67. The van der Waals surface area contributed by atoms with Gasteiger partial charge in [0.15, 0.2) is 6.61 Å². The van der Waals surface area contributed by atoms with Gasteiger partial charge in [-0.3, -0.25) is 4.79 Å². The average molecular weight is 281 g/mol. The molecule has 0 bridgehead atoms. The molecule has 0 radical (unpaired) electrons. The first kappa shape index (κ1) is 14.6. The van der Waals surface area contributed by atoms with Gasteiger partial charge in [-0.25, -0.2) is 0 Å². The van der Waals surface area contributed by atoms with E-state index in [0.29, 0.717) is 5.75 Å². The van der Waals surface area contributed by atoms with Gasteiger partial charge in [-0.15, -0.1) is 0 Å². The lowest BCUT2D eigenvalue weighted by molar-refractivity contribution is -0.132. The lowest BCUT2D eigenvalue weighted by Gasteiger charge is -2.15. The van der Waals surface area contributed by atoms with Crippen molar-refractivity contribution in [2.24, 2.45) is 0 Å². The number of nitrogens with zero attached hydrogens (tertiary/aromatic N) is 3. The van der Waals surface area contributed by atoms with E-state index in [1.165, 1.54) is 6.08 Å². The van der Waals surface area contributed by atoms with Gasteiger partial charge in [0, 0.05) is 13.1 Å². The third kappa shape index (κ3) is 4.09. The van der Waals surface area contributed by atoms with E-state index < -0.39 is 0 Å². The molecule has 1 saturated heterocycles. The minimum absolute atomic E-state index is 0.00715. The summed E-state index contributed by atoms with van der Waals surface area (Å²) in [7, 11) is 0. The van der Waals surface area contributed by atoms with Crippen molar-refractivity contribution < 1.29 is 9.53 Å². The zero-order valence-corrected chi connectivity index (χ0v) is 11.6. The molecule has 1 aromatic rings. The van der Waals surface area contributed by atoms with Crippen LogP contribution in [0, 0.1) is 22.7 Å². The molecule has 106 valence electrons. The predicted molar refractivity (Wildman–Crippen MR) is 77.0 cm³/mol. The summed E-state index contributed by atoms with van der Waals surface area (Å²) in [6, 6.07) is 10.5. The van der Waals surface area contributed by atoms with Gasteiger partial charge >= 0.3 is 0 Å². The number of ether oxygens (including phenoxy) is 1. The second kappa shape index (κ2) is 7.12. The van der Waals surface area contributed by atoms with Gasteiger partial charge in [0.2, 0.25) is 0 Å². The van der Waals surface area contributed by atoms with Gasteiger partial charge in [0.1, 0.15) is 23.5 Å². The number of rotatable bonds is 4. The number of likely N-dealkylation sites (tertiary alicyclic amines) is 1. The third-order valence-electron chi connectivity index (χ3n) is 3.25. The van der Waals surface area contributed by atoms with E-state index in [2.05, 4.69) is 0 Å². The van der Waals surface area contributed by atoms with Crippen molar-refractivity contribution in [3.05, 3.63) is 35.4 Å². The fraction of sp³-hybridized carbons (Fsp3) is 0.312. The number of carbonyl (C=O) groups excluding carboxylic acids is 1. The Morgan fingerprint density at radius 1 is 1.19 bits per heavy atom. The number of carbonyl (C=O) groups is 1. The smallest absolute Gasteiger partial charge is 0.260 e. The molecule has 1 fully saturated rings. The van der Waals surface area contributed by atoms with Crippen molar-refractivity contribution >= 4 is 12.0 Å². The summed E-state index contributed by atoms with van der Waals surface area (Å²) in [5.41, 5.74) is 0.791. The lowest BCUT2D eigenvalue weighted by atomic mass is 10.1. The van der Waals surface area contributed by atoms with Gasteiger partial charge in [-0.1, -0.05) is 12.1 Å². The largest absolute Gasteiger partial charge is 0.484 e. The first-order valence-electron chi connectivity index (χ1n) is 6.75. The van der Waals surface area contributed by atoms with Crippen molar-refractivity contribution in [1.29, 1.82) is 10.5 Å². The maximum Gasteiger partial charge on any atom is 0.260 e.